The van der Waals surface area contributed by atoms with Crippen LogP contribution in [0.2, 0.25) is 0 Å². The number of thioether (sulfide) groups is 1. The summed E-state index contributed by atoms with van der Waals surface area (Å²) in [7, 11) is 0. The molecule has 1 N–H and O–H groups in total. The maximum atomic E-state index is 5.44. The molecule has 1 aromatic rings. The van der Waals surface area contributed by atoms with Crippen molar-refractivity contribution in [3.05, 3.63) is 12.4 Å². The lowest BCUT2D eigenvalue weighted by Crippen LogP contribution is -2.40. The summed E-state index contributed by atoms with van der Waals surface area (Å²) >= 11 is 1.95. The number of hydrogen-bond acceptors (Lipinski definition) is 5. The van der Waals surface area contributed by atoms with Gasteiger partial charge < -0.3 is 10.1 Å². The molecule has 1 fully saturated rings. The Morgan fingerprint density at radius 2 is 2.18 bits per heavy atom. The molecular formula is C12H19N3OS. The summed E-state index contributed by atoms with van der Waals surface area (Å²) in [6, 6.07) is 0. The van der Waals surface area contributed by atoms with Gasteiger partial charge in [-0.1, -0.05) is 6.42 Å². The SMILES string of the molecule is CCOc1nccnc1NCC1(SC)CCC1. The number of anilines is 1. The fraction of sp³-hybridized carbons (Fsp3) is 0.667. The molecule has 0 aromatic carbocycles. The Bertz CT molecular complexity index is 363. The molecule has 1 aromatic heterocycles. The van der Waals surface area contributed by atoms with E-state index >= 15 is 0 Å². The molecule has 0 saturated heterocycles. The van der Waals surface area contributed by atoms with Crippen molar-refractivity contribution in [2.24, 2.45) is 0 Å². The first kappa shape index (κ1) is 12.5. The number of ether oxygens (including phenoxy) is 1. The van der Waals surface area contributed by atoms with Gasteiger partial charge in [-0.25, -0.2) is 9.97 Å². The van der Waals surface area contributed by atoms with E-state index in [1.54, 1.807) is 12.4 Å². The average molecular weight is 253 g/mol. The van der Waals surface area contributed by atoms with E-state index in [1.807, 2.05) is 18.7 Å². The zero-order valence-electron chi connectivity index (χ0n) is 10.4. The Morgan fingerprint density at radius 3 is 2.76 bits per heavy atom. The van der Waals surface area contributed by atoms with Gasteiger partial charge in [0.25, 0.3) is 5.88 Å². The van der Waals surface area contributed by atoms with Crippen molar-refractivity contribution >= 4 is 17.6 Å². The summed E-state index contributed by atoms with van der Waals surface area (Å²) in [6.45, 7) is 3.50. The van der Waals surface area contributed by atoms with Crippen molar-refractivity contribution in [1.29, 1.82) is 0 Å². The van der Waals surface area contributed by atoms with Crippen LogP contribution in [-0.2, 0) is 0 Å². The lowest BCUT2D eigenvalue weighted by molar-refractivity contribution is 0.326. The molecule has 0 unspecified atom stereocenters. The monoisotopic (exact) mass is 253 g/mol. The van der Waals surface area contributed by atoms with Gasteiger partial charge in [-0.15, -0.1) is 0 Å². The highest BCUT2D eigenvalue weighted by Gasteiger charge is 2.36. The van der Waals surface area contributed by atoms with E-state index in [4.69, 9.17) is 4.74 Å². The average Bonchev–Trinajstić information content (AvgIpc) is 2.31. The number of nitrogens with zero attached hydrogens (tertiary/aromatic N) is 2. The summed E-state index contributed by atoms with van der Waals surface area (Å²) in [5.74, 6) is 1.36. The van der Waals surface area contributed by atoms with Crippen molar-refractivity contribution in [3.8, 4) is 5.88 Å². The molecule has 0 aliphatic heterocycles. The predicted octanol–water partition coefficient (Wildman–Crippen LogP) is 2.57. The van der Waals surface area contributed by atoms with E-state index in [1.165, 1.54) is 19.3 Å². The Labute approximate surface area is 107 Å². The van der Waals surface area contributed by atoms with Crippen LogP contribution in [0, 0.1) is 0 Å². The fourth-order valence-corrected chi connectivity index (χ4v) is 2.87. The highest BCUT2D eigenvalue weighted by Crippen LogP contribution is 2.42. The van der Waals surface area contributed by atoms with Crippen LogP contribution < -0.4 is 10.1 Å². The van der Waals surface area contributed by atoms with Gasteiger partial charge in [0.2, 0.25) is 0 Å². The lowest BCUT2D eigenvalue weighted by atomic mass is 9.84. The minimum atomic E-state index is 0.390. The Balaban J connectivity index is 1.98. The van der Waals surface area contributed by atoms with Gasteiger partial charge in [0.1, 0.15) is 0 Å². The van der Waals surface area contributed by atoms with E-state index in [0.29, 0.717) is 17.2 Å². The molecule has 1 saturated carbocycles. The third-order valence-corrected chi connectivity index (χ3v) is 4.64. The largest absolute Gasteiger partial charge is 0.475 e. The minimum absolute atomic E-state index is 0.390. The number of rotatable bonds is 6. The third kappa shape index (κ3) is 2.83. The van der Waals surface area contributed by atoms with Crippen LogP contribution in [0.1, 0.15) is 26.2 Å². The fourth-order valence-electron chi connectivity index (χ4n) is 1.96. The van der Waals surface area contributed by atoms with E-state index in [-0.39, 0.29) is 0 Å². The van der Waals surface area contributed by atoms with Crippen molar-refractivity contribution in [2.45, 2.75) is 30.9 Å². The summed E-state index contributed by atoms with van der Waals surface area (Å²) in [6.07, 6.45) is 9.43. The van der Waals surface area contributed by atoms with Crippen molar-refractivity contribution < 1.29 is 4.74 Å². The maximum absolute atomic E-state index is 5.44. The quantitative estimate of drug-likeness (QED) is 0.844. The lowest BCUT2D eigenvalue weighted by Gasteiger charge is -2.40. The predicted molar refractivity (Wildman–Crippen MR) is 71.8 cm³/mol. The van der Waals surface area contributed by atoms with Gasteiger partial charge in [0.05, 0.1) is 6.61 Å². The molecule has 1 aliphatic carbocycles. The Morgan fingerprint density at radius 1 is 1.41 bits per heavy atom. The molecule has 94 valence electrons. The third-order valence-electron chi connectivity index (χ3n) is 3.22. The molecule has 2 rings (SSSR count). The molecule has 4 nitrogen and oxygen atoms in total. The molecule has 0 radical (unpaired) electrons. The maximum Gasteiger partial charge on any atom is 0.257 e. The Hall–Kier alpha value is -0.970. The van der Waals surface area contributed by atoms with E-state index in [9.17, 15) is 0 Å². The molecule has 0 spiro atoms. The second-order valence-electron chi connectivity index (χ2n) is 4.24. The highest BCUT2D eigenvalue weighted by molar-refractivity contribution is 8.00. The first-order valence-corrected chi connectivity index (χ1v) is 7.25. The molecule has 5 heteroatoms. The van der Waals surface area contributed by atoms with Crippen molar-refractivity contribution in [3.63, 3.8) is 0 Å². The summed E-state index contributed by atoms with van der Waals surface area (Å²) in [4.78, 5) is 8.47. The summed E-state index contributed by atoms with van der Waals surface area (Å²) in [5.41, 5.74) is 0. The van der Waals surface area contributed by atoms with E-state index in [2.05, 4.69) is 21.5 Å². The number of hydrogen-bond donors (Lipinski definition) is 1. The van der Waals surface area contributed by atoms with Gasteiger partial charge in [-0.05, 0) is 26.0 Å². The van der Waals surface area contributed by atoms with Crippen LogP contribution in [-0.4, -0.2) is 34.1 Å². The van der Waals surface area contributed by atoms with Crippen molar-refractivity contribution in [1.82, 2.24) is 9.97 Å². The molecule has 0 atom stereocenters. The van der Waals surface area contributed by atoms with Crippen molar-refractivity contribution in [2.75, 3.05) is 24.7 Å². The zero-order chi connectivity index (χ0) is 12.1. The van der Waals surface area contributed by atoms with E-state index in [0.717, 1.165) is 12.4 Å². The van der Waals surface area contributed by atoms with Crippen LogP contribution >= 0.6 is 11.8 Å². The molecule has 0 amide bonds. The van der Waals surface area contributed by atoms with Gasteiger partial charge in [-0.2, -0.15) is 11.8 Å². The van der Waals surface area contributed by atoms with Crippen LogP contribution in [0.5, 0.6) is 5.88 Å². The highest BCUT2D eigenvalue weighted by atomic mass is 32.2. The first-order valence-electron chi connectivity index (χ1n) is 6.02. The molecule has 0 bridgehead atoms. The number of nitrogens with one attached hydrogen (secondary N) is 1. The zero-order valence-corrected chi connectivity index (χ0v) is 11.2. The Kier molecular flexibility index (Phi) is 4.10. The smallest absolute Gasteiger partial charge is 0.257 e. The summed E-state index contributed by atoms with van der Waals surface area (Å²) in [5, 5.41) is 3.37. The standard InChI is InChI=1S/C12H19N3OS/c1-3-16-11-10(13-7-8-14-11)15-9-12(17-2)5-4-6-12/h7-8H,3-6,9H2,1-2H3,(H,13,15). The van der Waals surface area contributed by atoms with E-state index < -0.39 is 0 Å². The van der Waals surface area contributed by atoms with Crippen LogP contribution in [0.4, 0.5) is 5.82 Å². The van der Waals surface area contributed by atoms with Crippen LogP contribution in [0.3, 0.4) is 0 Å². The van der Waals surface area contributed by atoms with Gasteiger partial charge >= 0.3 is 0 Å². The van der Waals surface area contributed by atoms with Gasteiger partial charge in [-0.3, -0.25) is 0 Å². The molecular weight excluding hydrogens is 234 g/mol. The van der Waals surface area contributed by atoms with Gasteiger partial charge in [0, 0.05) is 23.7 Å². The molecule has 1 heterocycles. The second-order valence-corrected chi connectivity index (χ2v) is 5.51. The topological polar surface area (TPSA) is 47.0 Å². The second kappa shape index (κ2) is 5.58. The summed E-state index contributed by atoms with van der Waals surface area (Å²) < 4.78 is 5.83. The normalized spacial score (nSPS) is 17.3. The first-order chi connectivity index (χ1) is 8.29. The minimum Gasteiger partial charge on any atom is -0.475 e. The molecule has 17 heavy (non-hydrogen) atoms. The van der Waals surface area contributed by atoms with Gasteiger partial charge in [0.15, 0.2) is 5.82 Å². The number of aromatic nitrogens is 2. The van der Waals surface area contributed by atoms with Crippen LogP contribution in [0.25, 0.3) is 0 Å². The molecule has 1 aliphatic rings. The van der Waals surface area contributed by atoms with Crippen LogP contribution in [0.15, 0.2) is 12.4 Å².